The molecule has 1 atom stereocenters. The summed E-state index contributed by atoms with van der Waals surface area (Å²) < 4.78 is 60.6. The van der Waals surface area contributed by atoms with E-state index in [0.29, 0.717) is 0 Å². The van der Waals surface area contributed by atoms with Crippen molar-refractivity contribution in [3.63, 3.8) is 0 Å². The molecule has 1 unspecified atom stereocenters. The first-order valence-electron chi connectivity index (χ1n) is 8.21. The lowest BCUT2D eigenvalue weighted by atomic mass is 10.1. The van der Waals surface area contributed by atoms with Crippen LogP contribution in [0.3, 0.4) is 0 Å². The van der Waals surface area contributed by atoms with Crippen LogP contribution in [0.5, 0.6) is 5.88 Å². The van der Waals surface area contributed by atoms with Gasteiger partial charge in [0.2, 0.25) is 5.88 Å². The SMILES string of the molecule is Cc1nn(C)c2nc(OC(C)C(=O)Nc3ccccc3F)cc(C(F)(F)F)c12. The molecule has 1 N–H and O–H groups in total. The summed E-state index contributed by atoms with van der Waals surface area (Å²) >= 11 is 0. The van der Waals surface area contributed by atoms with Gasteiger partial charge in [-0.2, -0.15) is 23.3 Å². The maximum Gasteiger partial charge on any atom is 0.417 e. The molecule has 0 aliphatic carbocycles. The lowest BCUT2D eigenvalue weighted by Crippen LogP contribution is -2.30. The summed E-state index contributed by atoms with van der Waals surface area (Å²) in [5.41, 5.74) is -0.873. The largest absolute Gasteiger partial charge is 0.464 e. The maximum atomic E-state index is 13.6. The maximum absolute atomic E-state index is 13.6. The van der Waals surface area contributed by atoms with Crippen molar-refractivity contribution in [1.29, 1.82) is 0 Å². The van der Waals surface area contributed by atoms with Gasteiger partial charge in [0.15, 0.2) is 11.8 Å². The highest BCUT2D eigenvalue weighted by Crippen LogP contribution is 2.37. The molecule has 2 aromatic heterocycles. The molecule has 0 aliphatic rings. The van der Waals surface area contributed by atoms with Crippen molar-refractivity contribution in [3.8, 4) is 5.88 Å². The average molecular weight is 396 g/mol. The van der Waals surface area contributed by atoms with Crippen molar-refractivity contribution in [2.24, 2.45) is 7.05 Å². The number of para-hydroxylation sites is 1. The molecule has 2 heterocycles. The summed E-state index contributed by atoms with van der Waals surface area (Å²) in [7, 11) is 1.46. The number of fused-ring (bicyclic) bond motifs is 1. The van der Waals surface area contributed by atoms with Gasteiger partial charge in [-0.05, 0) is 26.0 Å². The smallest absolute Gasteiger partial charge is 0.417 e. The molecule has 0 fully saturated rings. The van der Waals surface area contributed by atoms with E-state index in [1.807, 2.05) is 0 Å². The normalized spacial score (nSPS) is 12.8. The summed E-state index contributed by atoms with van der Waals surface area (Å²) in [4.78, 5) is 16.3. The molecule has 1 aromatic carbocycles. The van der Waals surface area contributed by atoms with Crippen LogP contribution in [0.25, 0.3) is 11.0 Å². The summed E-state index contributed by atoms with van der Waals surface area (Å²) in [6, 6.07) is 6.23. The minimum Gasteiger partial charge on any atom is -0.464 e. The Balaban J connectivity index is 1.90. The van der Waals surface area contributed by atoms with E-state index in [1.54, 1.807) is 0 Å². The first-order chi connectivity index (χ1) is 13.1. The predicted octanol–water partition coefficient (Wildman–Crippen LogP) is 3.84. The molecular weight excluding hydrogens is 380 g/mol. The molecule has 6 nitrogen and oxygen atoms in total. The lowest BCUT2D eigenvalue weighted by molar-refractivity contribution is -0.136. The molecule has 28 heavy (non-hydrogen) atoms. The van der Waals surface area contributed by atoms with Gasteiger partial charge in [-0.1, -0.05) is 12.1 Å². The number of carbonyl (C=O) groups excluding carboxylic acids is 1. The number of carbonyl (C=O) groups is 1. The fourth-order valence-electron chi connectivity index (χ4n) is 2.74. The van der Waals surface area contributed by atoms with Gasteiger partial charge in [0.05, 0.1) is 22.3 Å². The first-order valence-corrected chi connectivity index (χ1v) is 8.21. The second-order valence-corrected chi connectivity index (χ2v) is 6.14. The van der Waals surface area contributed by atoms with Crippen molar-refractivity contribution in [3.05, 3.63) is 47.4 Å². The molecule has 0 radical (unpaired) electrons. The molecule has 0 saturated carbocycles. The number of ether oxygens (including phenoxy) is 1. The van der Waals surface area contributed by atoms with E-state index in [4.69, 9.17) is 4.74 Å². The van der Waals surface area contributed by atoms with E-state index in [1.165, 1.54) is 43.8 Å². The number of aromatic nitrogens is 3. The van der Waals surface area contributed by atoms with E-state index in [-0.39, 0.29) is 28.3 Å². The van der Waals surface area contributed by atoms with Crippen molar-refractivity contribution < 1.29 is 27.1 Å². The Morgan fingerprint density at radius 3 is 2.61 bits per heavy atom. The summed E-state index contributed by atoms with van der Waals surface area (Å²) in [6.07, 6.45) is -5.88. The van der Waals surface area contributed by atoms with Crippen molar-refractivity contribution in [2.75, 3.05) is 5.32 Å². The molecule has 148 valence electrons. The highest BCUT2D eigenvalue weighted by atomic mass is 19.4. The molecule has 10 heteroatoms. The Bertz CT molecular complexity index is 1050. The molecule has 0 saturated heterocycles. The zero-order valence-corrected chi connectivity index (χ0v) is 15.1. The standard InChI is InChI=1S/C18H16F4N4O2/c1-9-15-11(18(20,21)22)8-14(24-16(15)26(3)25-9)28-10(2)17(27)23-13-7-5-4-6-12(13)19/h4-8,10H,1-3H3,(H,23,27). The van der Waals surface area contributed by atoms with Gasteiger partial charge in [0.25, 0.3) is 5.91 Å². The number of aryl methyl sites for hydroxylation is 2. The van der Waals surface area contributed by atoms with Crippen LogP contribution in [-0.4, -0.2) is 26.8 Å². The second-order valence-electron chi connectivity index (χ2n) is 6.14. The topological polar surface area (TPSA) is 69.0 Å². The minimum absolute atomic E-state index is 0.0240. The second kappa shape index (κ2) is 7.10. The zero-order chi connectivity index (χ0) is 20.6. The van der Waals surface area contributed by atoms with Crippen LogP contribution < -0.4 is 10.1 Å². The van der Waals surface area contributed by atoms with Crippen LogP contribution in [0.15, 0.2) is 30.3 Å². The van der Waals surface area contributed by atoms with Crippen molar-refractivity contribution in [2.45, 2.75) is 26.1 Å². The Labute approximate surface area is 157 Å². The van der Waals surface area contributed by atoms with Gasteiger partial charge in [-0.3, -0.25) is 9.48 Å². The number of halogens is 4. The summed E-state index contributed by atoms with van der Waals surface area (Å²) in [6.45, 7) is 2.77. The predicted molar refractivity (Wildman–Crippen MR) is 93.4 cm³/mol. The van der Waals surface area contributed by atoms with E-state index in [0.717, 1.165) is 12.1 Å². The number of pyridine rings is 1. The summed E-state index contributed by atoms with van der Waals surface area (Å²) in [5.74, 6) is -1.77. The van der Waals surface area contributed by atoms with Crippen molar-refractivity contribution >= 4 is 22.6 Å². The quantitative estimate of drug-likeness (QED) is 0.681. The number of nitrogens with one attached hydrogen (secondary N) is 1. The van der Waals surface area contributed by atoms with E-state index < -0.39 is 29.6 Å². The monoisotopic (exact) mass is 396 g/mol. The third-order valence-electron chi connectivity index (χ3n) is 4.05. The molecule has 0 bridgehead atoms. The van der Waals surface area contributed by atoms with Gasteiger partial charge in [0.1, 0.15) is 5.82 Å². The highest BCUT2D eigenvalue weighted by molar-refractivity contribution is 5.94. The number of benzene rings is 1. The minimum atomic E-state index is -4.66. The van der Waals surface area contributed by atoms with Crippen LogP contribution in [0, 0.1) is 12.7 Å². The highest BCUT2D eigenvalue weighted by Gasteiger charge is 2.36. The van der Waals surface area contributed by atoms with Crippen LogP contribution in [0.4, 0.5) is 23.2 Å². The fraction of sp³-hybridized carbons (Fsp3) is 0.278. The van der Waals surface area contributed by atoms with Crippen LogP contribution in [0.1, 0.15) is 18.2 Å². The lowest BCUT2D eigenvalue weighted by Gasteiger charge is -2.16. The number of hydrogen-bond donors (Lipinski definition) is 1. The fourth-order valence-corrected chi connectivity index (χ4v) is 2.74. The zero-order valence-electron chi connectivity index (χ0n) is 15.1. The van der Waals surface area contributed by atoms with Crippen LogP contribution in [-0.2, 0) is 18.0 Å². The number of alkyl halides is 3. The Hall–Kier alpha value is -3.17. The van der Waals surface area contributed by atoms with Crippen LogP contribution in [0.2, 0.25) is 0 Å². The van der Waals surface area contributed by atoms with Crippen LogP contribution >= 0.6 is 0 Å². The average Bonchev–Trinajstić information content (AvgIpc) is 2.89. The number of amides is 1. The number of hydrogen-bond acceptors (Lipinski definition) is 4. The number of anilines is 1. The van der Waals surface area contributed by atoms with Gasteiger partial charge in [0, 0.05) is 13.1 Å². The van der Waals surface area contributed by atoms with Crippen molar-refractivity contribution in [1.82, 2.24) is 14.8 Å². The molecule has 1 amide bonds. The Morgan fingerprint density at radius 1 is 1.29 bits per heavy atom. The molecule has 3 aromatic rings. The van der Waals surface area contributed by atoms with Gasteiger partial charge < -0.3 is 10.1 Å². The third-order valence-corrected chi connectivity index (χ3v) is 4.05. The molecule has 3 rings (SSSR count). The number of nitrogens with zero attached hydrogens (tertiary/aromatic N) is 3. The molecule has 0 spiro atoms. The van der Waals surface area contributed by atoms with E-state index >= 15 is 0 Å². The Morgan fingerprint density at radius 2 is 1.96 bits per heavy atom. The first kappa shape index (κ1) is 19.6. The van der Waals surface area contributed by atoms with Gasteiger partial charge in [-0.15, -0.1) is 0 Å². The third kappa shape index (κ3) is 3.75. The van der Waals surface area contributed by atoms with E-state index in [2.05, 4.69) is 15.4 Å². The van der Waals surface area contributed by atoms with E-state index in [9.17, 15) is 22.4 Å². The van der Waals surface area contributed by atoms with Gasteiger partial charge in [-0.25, -0.2) is 4.39 Å². The summed E-state index contributed by atoms with van der Waals surface area (Å²) in [5, 5.41) is 6.15. The number of rotatable bonds is 4. The van der Waals surface area contributed by atoms with Gasteiger partial charge >= 0.3 is 6.18 Å². The molecule has 0 aliphatic heterocycles. The molecular formula is C18H16F4N4O2. The Kier molecular flexibility index (Phi) is 4.97.